The number of piperidine rings is 2. The molecule has 2 aromatic carbocycles. The number of aromatic amines is 1. The summed E-state index contributed by atoms with van der Waals surface area (Å²) in [6, 6.07) is 15.9. The maximum absolute atomic E-state index is 14.0. The van der Waals surface area contributed by atoms with Crippen LogP contribution in [0.5, 0.6) is 0 Å². The first kappa shape index (κ1) is 31.5. The number of aryl methyl sites for hydroxylation is 1. The van der Waals surface area contributed by atoms with E-state index in [1.54, 1.807) is 0 Å². The summed E-state index contributed by atoms with van der Waals surface area (Å²) in [5.74, 6) is 0.162. The van der Waals surface area contributed by atoms with Crippen LogP contribution in [0.25, 0.3) is 11.4 Å². The molecule has 45 heavy (non-hydrogen) atoms. The molecule has 0 aliphatic carbocycles. The number of nitrogens with zero attached hydrogens (tertiary/aromatic N) is 6. The lowest BCUT2D eigenvalue weighted by molar-refractivity contribution is -0.143. The van der Waals surface area contributed by atoms with Gasteiger partial charge in [0.05, 0.1) is 12.0 Å². The first-order chi connectivity index (χ1) is 21.9. The van der Waals surface area contributed by atoms with Crippen LogP contribution in [-0.4, -0.2) is 99.7 Å². The van der Waals surface area contributed by atoms with Gasteiger partial charge in [-0.1, -0.05) is 54.1 Å². The molecule has 3 aromatic rings. The van der Waals surface area contributed by atoms with Gasteiger partial charge in [-0.2, -0.15) is 0 Å². The average molecular weight is 633 g/mol. The second kappa shape index (κ2) is 14.3. The van der Waals surface area contributed by atoms with Crippen molar-refractivity contribution in [2.45, 2.75) is 57.5 Å². The highest BCUT2D eigenvalue weighted by Crippen LogP contribution is 2.27. The molecule has 11 heteroatoms. The number of benzene rings is 2. The zero-order valence-corrected chi connectivity index (χ0v) is 26.8. The summed E-state index contributed by atoms with van der Waals surface area (Å²) in [6.07, 6.45) is 3.85. The molecular formula is C34H43ClN7O3. The Morgan fingerprint density at radius 2 is 1.58 bits per heavy atom. The Balaban J connectivity index is 1.09. The van der Waals surface area contributed by atoms with E-state index in [1.165, 1.54) is 4.68 Å². The monoisotopic (exact) mass is 632 g/mol. The molecule has 1 aromatic heterocycles. The molecule has 1 atom stereocenters. The Labute approximate surface area is 269 Å². The van der Waals surface area contributed by atoms with Crippen LogP contribution in [0.3, 0.4) is 0 Å². The van der Waals surface area contributed by atoms with Crippen molar-refractivity contribution >= 4 is 23.4 Å². The van der Waals surface area contributed by atoms with Gasteiger partial charge in [0.15, 0.2) is 5.82 Å². The van der Waals surface area contributed by atoms with Crippen molar-refractivity contribution in [3.05, 3.63) is 75.2 Å². The van der Waals surface area contributed by atoms with Crippen molar-refractivity contribution in [2.24, 2.45) is 5.92 Å². The molecule has 1 N–H and O–H groups in total. The van der Waals surface area contributed by atoms with Crippen molar-refractivity contribution in [2.75, 3.05) is 52.4 Å². The number of nitrogens with one attached hydrogen (secondary N) is 1. The third-order valence-electron chi connectivity index (χ3n) is 9.71. The number of rotatable bonds is 8. The maximum Gasteiger partial charge on any atom is 0.343 e. The van der Waals surface area contributed by atoms with Crippen molar-refractivity contribution in [3.63, 3.8) is 0 Å². The Bertz CT molecular complexity index is 1520. The number of H-pyrrole nitrogens is 1. The maximum atomic E-state index is 14.0. The molecule has 2 amide bonds. The van der Waals surface area contributed by atoms with Crippen LogP contribution in [0.4, 0.5) is 0 Å². The molecule has 3 saturated heterocycles. The predicted octanol–water partition coefficient (Wildman–Crippen LogP) is 3.52. The van der Waals surface area contributed by atoms with Gasteiger partial charge >= 0.3 is 5.69 Å². The lowest BCUT2D eigenvalue weighted by Crippen LogP contribution is -2.52. The molecule has 4 heterocycles. The number of halogens is 1. The lowest BCUT2D eigenvalue weighted by atomic mass is 9.91. The fourth-order valence-corrected chi connectivity index (χ4v) is 7.19. The van der Waals surface area contributed by atoms with E-state index in [0.29, 0.717) is 49.2 Å². The van der Waals surface area contributed by atoms with E-state index in [0.717, 1.165) is 68.8 Å². The van der Waals surface area contributed by atoms with Gasteiger partial charge in [0.1, 0.15) is 0 Å². The first-order valence-electron chi connectivity index (χ1n) is 16.3. The van der Waals surface area contributed by atoms with E-state index < -0.39 is 5.92 Å². The average Bonchev–Trinajstić information content (AvgIpc) is 3.48. The Morgan fingerprint density at radius 3 is 2.27 bits per heavy atom. The summed E-state index contributed by atoms with van der Waals surface area (Å²) in [5.41, 5.74) is 2.61. The molecule has 3 aliphatic rings. The lowest BCUT2D eigenvalue weighted by Gasteiger charge is -2.41. The molecule has 10 nitrogen and oxygen atoms in total. The molecule has 6 rings (SSSR count). The fraction of sp³-hybridized carbons (Fsp3) is 0.529. The van der Waals surface area contributed by atoms with Crippen LogP contribution >= 0.6 is 11.6 Å². The molecule has 0 bridgehead atoms. The summed E-state index contributed by atoms with van der Waals surface area (Å²) in [6.45, 7) is 8.26. The number of piperazine rings is 1. The normalized spacial score (nSPS) is 19.5. The van der Waals surface area contributed by atoms with Crippen molar-refractivity contribution in [1.82, 2.24) is 34.8 Å². The third kappa shape index (κ3) is 7.51. The fourth-order valence-electron chi connectivity index (χ4n) is 7.07. The highest BCUT2D eigenvalue weighted by molar-refractivity contribution is 6.31. The first-order valence-corrected chi connectivity index (χ1v) is 16.7. The summed E-state index contributed by atoms with van der Waals surface area (Å²) in [7, 11) is 0. The topological polar surface area (TPSA) is 109 Å². The predicted molar refractivity (Wildman–Crippen MR) is 174 cm³/mol. The van der Waals surface area contributed by atoms with Gasteiger partial charge in [-0.15, -0.1) is 5.10 Å². The molecular weight excluding hydrogens is 590 g/mol. The standard InChI is InChI=1S/C34H43ClN7O3/c1-24-21-25(7-8-30(24)35)22-27(33(44)41-17-9-28(10-18-41)39-19-13-36-14-20-39)23-31(43)40-15-11-29(12-16-40)42-34(45)37-32(38-42)26-5-3-2-4-6-26/h2-8,21,27-29H,9-20,22-23H2,1H3,(H,37,38,45). The third-order valence-corrected chi connectivity index (χ3v) is 10.1. The van der Waals surface area contributed by atoms with E-state index in [-0.39, 0.29) is 30.0 Å². The minimum atomic E-state index is -0.441. The van der Waals surface area contributed by atoms with Gasteiger partial charge in [-0.3, -0.25) is 19.5 Å². The molecule has 1 unspecified atom stereocenters. The van der Waals surface area contributed by atoms with Crippen LogP contribution in [0.15, 0.2) is 53.3 Å². The highest BCUT2D eigenvalue weighted by atomic mass is 35.5. The van der Waals surface area contributed by atoms with Crippen LogP contribution in [0.1, 0.15) is 49.3 Å². The largest absolute Gasteiger partial charge is 0.343 e. The highest BCUT2D eigenvalue weighted by Gasteiger charge is 2.34. The molecule has 1 radical (unpaired) electrons. The molecule has 3 fully saturated rings. The number of likely N-dealkylation sites (tertiary alicyclic amines) is 2. The number of aromatic nitrogens is 3. The summed E-state index contributed by atoms with van der Waals surface area (Å²) in [4.78, 5) is 49.7. The van der Waals surface area contributed by atoms with Crippen LogP contribution in [-0.2, 0) is 16.0 Å². The van der Waals surface area contributed by atoms with Crippen LogP contribution in [0.2, 0.25) is 5.02 Å². The SMILES string of the molecule is Cc1cc(CC(CC(=O)N2CCC(n3nc(-c4ccccc4)[nH]c3=O)CC2)C(=O)N2CCC(N3CC[N]CC3)CC2)ccc1Cl. The number of amides is 2. The van der Waals surface area contributed by atoms with Crippen LogP contribution in [0, 0.1) is 12.8 Å². The van der Waals surface area contributed by atoms with Crippen molar-refractivity contribution < 1.29 is 9.59 Å². The van der Waals surface area contributed by atoms with Gasteiger partial charge in [-0.05, 0) is 56.2 Å². The van der Waals surface area contributed by atoms with E-state index in [9.17, 15) is 14.4 Å². The van der Waals surface area contributed by atoms with Gasteiger partial charge in [0.2, 0.25) is 11.8 Å². The quantitative estimate of drug-likeness (QED) is 0.409. The van der Waals surface area contributed by atoms with Crippen molar-refractivity contribution in [1.29, 1.82) is 0 Å². The minimum absolute atomic E-state index is 0.0104. The van der Waals surface area contributed by atoms with E-state index >= 15 is 0 Å². The van der Waals surface area contributed by atoms with E-state index in [2.05, 4.69) is 20.3 Å². The van der Waals surface area contributed by atoms with Crippen LogP contribution < -0.4 is 11.0 Å². The number of hydrogen-bond donors (Lipinski definition) is 1. The number of carbonyl (C=O) groups excluding carboxylic acids is 2. The second-order valence-corrected chi connectivity index (χ2v) is 13.1. The minimum Gasteiger partial charge on any atom is -0.343 e. The zero-order valence-electron chi connectivity index (χ0n) is 26.0. The van der Waals surface area contributed by atoms with E-state index in [4.69, 9.17) is 11.6 Å². The number of hydrogen-bond acceptors (Lipinski definition) is 5. The molecule has 3 aliphatic heterocycles. The summed E-state index contributed by atoms with van der Waals surface area (Å²) < 4.78 is 1.53. The van der Waals surface area contributed by atoms with E-state index in [1.807, 2.05) is 65.3 Å². The number of carbonyl (C=O) groups is 2. The Hall–Kier alpha value is -3.47. The van der Waals surface area contributed by atoms with Gasteiger partial charge in [-0.25, -0.2) is 14.8 Å². The Morgan fingerprint density at radius 1 is 0.911 bits per heavy atom. The second-order valence-electron chi connectivity index (χ2n) is 12.7. The molecule has 0 spiro atoms. The van der Waals surface area contributed by atoms with Crippen molar-refractivity contribution in [3.8, 4) is 11.4 Å². The molecule has 239 valence electrons. The van der Waals surface area contributed by atoms with Gasteiger partial charge in [0, 0.05) is 75.4 Å². The van der Waals surface area contributed by atoms with Gasteiger partial charge < -0.3 is 9.80 Å². The molecule has 0 saturated carbocycles. The summed E-state index contributed by atoms with van der Waals surface area (Å²) >= 11 is 6.29. The smallest absolute Gasteiger partial charge is 0.343 e. The summed E-state index contributed by atoms with van der Waals surface area (Å²) in [5, 5.41) is 9.74. The zero-order chi connectivity index (χ0) is 31.3. The Kier molecular flexibility index (Phi) is 10.0. The van der Waals surface area contributed by atoms with Gasteiger partial charge in [0.25, 0.3) is 0 Å².